The molecular formula is C26H26N4O4S. The number of hydrogen-bond acceptors (Lipinski definition) is 5. The van der Waals surface area contributed by atoms with Crippen LogP contribution in [0.4, 0.5) is 11.4 Å². The molecule has 1 aromatic heterocycles. The first-order valence-corrected chi connectivity index (χ1v) is 12.1. The van der Waals surface area contributed by atoms with Crippen molar-refractivity contribution in [1.82, 2.24) is 9.88 Å². The number of hydrogen-bond donors (Lipinski definition) is 2. The number of amides is 2. The lowest BCUT2D eigenvalue weighted by atomic mass is 10.1. The summed E-state index contributed by atoms with van der Waals surface area (Å²) >= 11 is 5.72. The van der Waals surface area contributed by atoms with Crippen molar-refractivity contribution in [2.24, 2.45) is 0 Å². The maximum absolute atomic E-state index is 13.6. The third kappa shape index (κ3) is 4.69. The number of fused-ring (bicyclic) bond motifs is 1. The van der Waals surface area contributed by atoms with Crippen molar-refractivity contribution in [2.45, 2.75) is 38.3 Å². The molecule has 0 aliphatic carbocycles. The van der Waals surface area contributed by atoms with E-state index in [0.29, 0.717) is 35.2 Å². The van der Waals surface area contributed by atoms with E-state index in [1.165, 1.54) is 11.8 Å². The van der Waals surface area contributed by atoms with Gasteiger partial charge >= 0.3 is 0 Å². The summed E-state index contributed by atoms with van der Waals surface area (Å²) in [6, 6.07) is 13.6. The molecule has 0 bridgehead atoms. The van der Waals surface area contributed by atoms with Crippen LogP contribution in [-0.2, 0) is 14.3 Å². The molecule has 3 heterocycles. The second-order valence-electron chi connectivity index (χ2n) is 8.89. The van der Waals surface area contributed by atoms with E-state index in [-0.39, 0.29) is 30.1 Å². The molecule has 2 amide bonds. The van der Waals surface area contributed by atoms with Crippen molar-refractivity contribution in [3.8, 4) is 0 Å². The number of carbonyl (C=O) groups excluding carboxylic acids is 3. The average molecular weight is 491 g/mol. The van der Waals surface area contributed by atoms with E-state index >= 15 is 0 Å². The normalized spacial score (nSPS) is 20.1. The quantitative estimate of drug-likeness (QED) is 0.386. The van der Waals surface area contributed by atoms with Crippen molar-refractivity contribution in [3.05, 3.63) is 60.3 Å². The van der Waals surface area contributed by atoms with Gasteiger partial charge in [-0.25, -0.2) is 0 Å². The number of Topliss-reactive ketones (excluding diaryl/α,β-unsaturated/α-hetero) is 1. The predicted octanol–water partition coefficient (Wildman–Crippen LogP) is 3.88. The topological polar surface area (TPSA) is 94.7 Å². The molecule has 5 rings (SSSR count). The first kappa shape index (κ1) is 23.2. The Hall–Kier alpha value is -3.56. The van der Waals surface area contributed by atoms with Crippen LogP contribution in [0.3, 0.4) is 0 Å². The zero-order valence-electron chi connectivity index (χ0n) is 19.3. The smallest absolute Gasteiger partial charge is 0.256 e. The molecule has 180 valence electrons. The van der Waals surface area contributed by atoms with Gasteiger partial charge in [-0.3, -0.25) is 19.3 Å². The van der Waals surface area contributed by atoms with Crippen LogP contribution < -0.4 is 10.2 Å². The van der Waals surface area contributed by atoms with Crippen molar-refractivity contribution in [1.29, 1.82) is 0 Å². The van der Waals surface area contributed by atoms with E-state index in [1.807, 2.05) is 30.5 Å². The zero-order valence-corrected chi connectivity index (χ0v) is 20.1. The number of aromatic nitrogens is 1. The number of benzene rings is 2. The van der Waals surface area contributed by atoms with Gasteiger partial charge in [-0.2, -0.15) is 0 Å². The van der Waals surface area contributed by atoms with E-state index in [9.17, 15) is 14.4 Å². The molecule has 35 heavy (non-hydrogen) atoms. The minimum absolute atomic E-state index is 0.0402. The first-order valence-electron chi connectivity index (χ1n) is 11.6. The summed E-state index contributed by atoms with van der Waals surface area (Å²) in [5.41, 5.74) is 2.70. The molecule has 2 fully saturated rings. The SMILES string of the molecule is CC(=O)c1ccc(N2C(=O)C(CC(=O)Nc3ccc4cc[nH]c4c3)N(CC3CCCO3)C2=S)cc1. The monoisotopic (exact) mass is 490 g/mol. The number of rotatable bonds is 7. The standard InChI is InChI=1S/C26H26N4O4S/c1-16(31)17-5-8-20(9-6-17)30-25(33)23(29(26(30)35)15-21-3-2-12-34-21)14-24(32)28-19-7-4-18-10-11-27-22(18)13-19/h4-11,13,21,23,27H,2-3,12,14-15H2,1H3,(H,28,32). The number of thiocarbonyl (C=S) groups is 1. The summed E-state index contributed by atoms with van der Waals surface area (Å²) in [7, 11) is 0. The fourth-order valence-electron chi connectivity index (χ4n) is 4.65. The van der Waals surface area contributed by atoms with Gasteiger partial charge < -0.3 is 19.9 Å². The number of ether oxygens (including phenoxy) is 1. The van der Waals surface area contributed by atoms with Crippen molar-refractivity contribution >= 4 is 57.2 Å². The molecule has 2 unspecified atom stereocenters. The highest BCUT2D eigenvalue weighted by atomic mass is 32.1. The van der Waals surface area contributed by atoms with Crippen molar-refractivity contribution in [2.75, 3.05) is 23.4 Å². The molecule has 2 aromatic carbocycles. The maximum atomic E-state index is 13.6. The second-order valence-corrected chi connectivity index (χ2v) is 9.26. The number of aromatic amines is 1. The minimum Gasteiger partial charge on any atom is -0.376 e. The van der Waals surface area contributed by atoms with Gasteiger partial charge in [0.05, 0.1) is 18.2 Å². The van der Waals surface area contributed by atoms with Gasteiger partial charge in [0.25, 0.3) is 5.91 Å². The molecular weight excluding hydrogens is 464 g/mol. The Morgan fingerprint density at radius 2 is 1.97 bits per heavy atom. The van der Waals surface area contributed by atoms with Gasteiger partial charge in [-0.1, -0.05) is 6.07 Å². The van der Waals surface area contributed by atoms with Crippen LogP contribution >= 0.6 is 12.2 Å². The zero-order chi connectivity index (χ0) is 24.5. The Bertz CT molecular complexity index is 1300. The van der Waals surface area contributed by atoms with E-state index in [4.69, 9.17) is 17.0 Å². The third-order valence-electron chi connectivity index (χ3n) is 6.49. The lowest BCUT2D eigenvalue weighted by Gasteiger charge is -2.26. The minimum atomic E-state index is -0.742. The molecule has 2 aliphatic rings. The Morgan fingerprint density at radius 1 is 1.17 bits per heavy atom. The van der Waals surface area contributed by atoms with Gasteiger partial charge in [0.1, 0.15) is 6.04 Å². The summed E-state index contributed by atoms with van der Waals surface area (Å²) in [5.74, 6) is -0.597. The average Bonchev–Trinajstić information content (AvgIpc) is 3.57. The molecule has 0 spiro atoms. The highest BCUT2D eigenvalue weighted by Crippen LogP contribution is 2.29. The van der Waals surface area contributed by atoms with Crippen LogP contribution in [0.1, 0.15) is 36.5 Å². The third-order valence-corrected chi connectivity index (χ3v) is 6.91. The lowest BCUT2D eigenvalue weighted by molar-refractivity contribution is -0.124. The van der Waals surface area contributed by atoms with Crippen LogP contribution in [0.2, 0.25) is 0 Å². The predicted molar refractivity (Wildman–Crippen MR) is 138 cm³/mol. The van der Waals surface area contributed by atoms with E-state index in [2.05, 4.69) is 10.3 Å². The number of anilines is 2. The van der Waals surface area contributed by atoms with Gasteiger partial charge in [0, 0.05) is 36.1 Å². The van der Waals surface area contributed by atoms with Gasteiger partial charge in [-0.05, 0) is 79.8 Å². The van der Waals surface area contributed by atoms with Crippen LogP contribution in [0, 0.1) is 0 Å². The largest absolute Gasteiger partial charge is 0.376 e. The molecule has 0 saturated carbocycles. The molecule has 0 radical (unpaired) electrons. The molecule has 8 nitrogen and oxygen atoms in total. The van der Waals surface area contributed by atoms with E-state index in [0.717, 1.165) is 23.7 Å². The van der Waals surface area contributed by atoms with Crippen LogP contribution in [-0.4, -0.2) is 57.9 Å². The Morgan fingerprint density at radius 3 is 2.69 bits per heavy atom. The summed E-state index contributed by atoms with van der Waals surface area (Å²) in [6.45, 7) is 2.62. The van der Waals surface area contributed by atoms with E-state index in [1.54, 1.807) is 29.2 Å². The highest BCUT2D eigenvalue weighted by Gasteiger charge is 2.45. The molecule has 3 aromatic rings. The Kier molecular flexibility index (Phi) is 6.36. The summed E-state index contributed by atoms with van der Waals surface area (Å²) in [4.78, 5) is 44.6. The molecule has 2 saturated heterocycles. The first-order chi connectivity index (χ1) is 16.9. The molecule has 2 aliphatic heterocycles. The van der Waals surface area contributed by atoms with Crippen LogP contribution in [0.5, 0.6) is 0 Å². The van der Waals surface area contributed by atoms with Crippen molar-refractivity contribution in [3.63, 3.8) is 0 Å². The van der Waals surface area contributed by atoms with Gasteiger partial charge in [0.15, 0.2) is 10.9 Å². The van der Waals surface area contributed by atoms with Gasteiger partial charge in [-0.15, -0.1) is 0 Å². The fourth-order valence-corrected chi connectivity index (χ4v) is 5.04. The van der Waals surface area contributed by atoms with Crippen LogP contribution in [0.25, 0.3) is 10.9 Å². The molecule has 2 atom stereocenters. The van der Waals surface area contributed by atoms with E-state index < -0.39 is 6.04 Å². The maximum Gasteiger partial charge on any atom is 0.256 e. The summed E-state index contributed by atoms with van der Waals surface area (Å²) < 4.78 is 5.79. The Balaban J connectivity index is 1.37. The summed E-state index contributed by atoms with van der Waals surface area (Å²) in [6.07, 6.45) is 3.60. The molecule has 9 heteroatoms. The molecule has 2 N–H and O–H groups in total. The van der Waals surface area contributed by atoms with Crippen molar-refractivity contribution < 1.29 is 19.1 Å². The number of ketones is 1. The fraction of sp³-hybridized carbons (Fsp3) is 0.308. The number of H-pyrrole nitrogens is 1. The highest BCUT2D eigenvalue weighted by molar-refractivity contribution is 7.80. The number of nitrogens with one attached hydrogen (secondary N) is 2. The second kappa shape index (κ2) is 9.59. The van der Waals surface area contributed by atoms with Gasteiger partial charge in [0.2, 0.25) is 5.91 Å². The number of carbonyl (C=O) groups is 3. The summed E-state index contributed by atoms with van der Waals surface area (Å²) in [5, 5.41) is 4.30. The Labute approximate surface area is 208 Å². The lowest BCUT2D eigenvalue weighted by Crippen LogP contribution is -2.42. The van der Waals surface area contributed by atoms with Crippen LogP contribution in [0.15, 0.2) is 54.7 Å². The number of nitrogens with zero attached hydrogens (tertiary/aromatic N) is 2.